The number of allylic oxidation sites excluding steroid dienone is 1. The van der Waals surface area contributed by atoms with E-state index in [0.29, 0.717) is 34.3 Å². The van der Waals surface area contributed by atoms with E-state index in [9.17, 15) is 14.4 Å². The highest BCUT2D eigenvalue weighted by Crippen LogP contribution is 2.36. The summed E-state index contributed by atoms with van der Waals surface area (Å²) in [4.78, 5) is 42.7. The van der Waals surface area contributed by atoms with Crippen molar-refractivity contribution in [2.45, 2.75) is 19.3 Å². The van der Waals surface area contributed by atoms with Crippen LogP contribution in [0.15, 0.2) is 65.4 Å². The van der Waals surface area contributed by atoms with E-state index in [1.165, 1.54) is 0 Å². The number of hydrogen-bond acceptors (Lipinski definition) is 6. The van der Waals surface area contributed by atoms with Crippen molar-refractivity contribution >= 4 is 40.3 Å². The van der Waals surface area contributed by atoms with Gasteiger partial charge < -0.3 is 13.7 Å². The van der Waals surface area contributed by atoms with Gasteiger partial charge in [0, 0.05) is 18.6 Å². The van der Waals surface area contributed by atoms with E-state index in [-0.39, 0.29) is 0 Å². The van der Waals surface area contributed by atoms with Crippen LogP contribution in [0.3, 0.4) is 0 Å². The quantitative estimate of drug-likeness (QED) is 0.440. The number of carbonyl (C=O) groups excluding carboxylic acids is 3. The van der Waals surface area contributed by atoms with Crippen LogP contribution in [0.1, 0.15) is 50.7 Å². The summed E-state index contributed by atoms with van der Waals surface area (Å²) in [5.74, 6) is -1.17. The molecular formula is C27H23N3O5. The first-order valence-corrected chi connectivity index (χ1v) is 11.3. The Kier molecular flexibility index (Phi) is 6.01. The van der Waals surface area contributed by atoms with Gasteiger partial charge in [-0.25, -0.2) is 9.78 Å². The summed E-state index contributed by atoms with van der Waals surface area (Å²) in [5, 5.41) is 2.92. The van der Waals surface area contributed by atoms with Crippen molar-refractivity contribution in [3.8, 4) is 0 Å². The lowest BCUT2D eigenvalue weighted by Gasteiger charge is -2.22. The summed E-state index contributed by atoms with van der Waals surface area (Å²) in [6.07, 6.45) is 7.55. The average Bonchev–Trinajstić information content (AvgIpc) is 3.53. The average molecular weight is 469 g/mol. The second-order valence-corrected chi connectivity index (χ2v) is 8.33. The Morgan fingerprint density at radius 1 is 1.11 bits per heavy atom. The zero-order chi connectivity index (χ0) is 24.4. The van der Waals surface area contributed by atoms with Gasteiger partial charge in [0.1, 0.15) is 11.5 Å². The van der Waals surface area contributed by atoms with Crippen LogP contribution in [0.5, 0.6) is 0 Å². The molecular weight excluding hydrogens is 446 g/mol. The number of aryl methyl sites for hydroxylation is 1. The van der Waals surface area contributed by atoms with Crippen molar-refractivity contribution < 1.29 is 23.5 Å². The largest absolute Gasteiger partial charge is 0.465 e. The molecule has 35 heavy (non-hydrogen) atoms. The first-order valence-electron chi connectivity index (χ1n) is 11.3. The van der Waals surface area contributed by atoms with E-state index < -0.39 is 24.4 Å². The number of nitrogens with one attached hydrogen (secondary N) is 1. The maximum absolute atomic E-state index is 13.3. The number of para-hydroxylation sites is 1. The smallest absolute Gasteiger partial charge is 0.339 e. The third-order valence-corrected chi connectivity index (χ3v) is 6.00. The van der Waals surface area contributed by atoms with Crippen molar-refractivity contribution in [1.29, 1.82) is 0 Å². The SMILES string of the molecule is Cn1cccc1C(=O)NC(=O)COC(=O)c1c2c(nc3ccccc13)/C(=C/c1ccco1)CCC2. The number of hydrogen-bond donors (Lipinski definition) is 1. The predicted octanol–water partition coefficient (Wildman–Crippen LogP) is 4.16. The molecule has 0 radical (unpaired) electrons. The second-order valence-electron chi connectivity index (χ2n) is 8.33. The van der Waals surface area contributed by atoms with Crippen molar-refractivity contribution in [2.24, 2.45) is 7.05 Å². The molecule has 0 spiro atoms. The predicted molar refractivity (Wildman–Crippen MR) is 129 cm³/mol. The number of amides is 2. The standard InChI is InChI=1S/C27H23N3O5/c1-30-13-5-12-22(30)26(32)29-23(31)16-35-27(33)24-19-9-2-3-11-21(19)28-25-17(7-4-10-20(24)25)15-18-8-6-14-34-18/h2-3,5-6,8-9,11-15H,4,7,10,16H2,1H3,(H,29,31,32)/b17-15+. The lowest BCUT2D eigenvalue weighted by molar-refractivity contribution is -0.123. The Bertz CT molecular complexity index is 1460. The molecule has 0 bridgehead atoms. The summed E-state index contributed by atoms with van der Waals surface area (Å²) >= 11 is 0. The number of furan rings is 1. The molecule has 1 aliphatic rings. The highest BCUT2D eigenvalue weighted by atomic mass is 16.5. The fourth-order valence-corrected chi connectivity index (χ4v) is 4.38. The highest BCUT2D eigenvalue weighted by Gasteiger charge is 2.26. The van der Waals surface area contributed by atoms with Crippen LogP contribution in [-0.2, 0) is 23.0 Å². The molecule has 1 aliphatic carbocycles. The zero-order valence-corrected chi connectivity index (χ0v) is 19.1. The van der Waals surface area contributed by atoms with Crippen LogP contribution in [0.25, 0.3) is 22.6 Å². The fraction of sp³-hybridized carbons (Fsp3) is 0.185. The molecule has 0 atom stereocenters. The van der Waals surface area contributed by atoms with E-state index in [0.717, 1.165) is 29.7 Å². The van der Waals surface area contributed by atoms with Crippen molar-refractivity contribution in [2.75, 3.05) is 6.61 Å². The van der Waals surface area contributed by atoms with Gasteiger partial charge in [0.25, 0.3) is 11.8 Å². The lowest BCUT2D eigenvalue weighted by Crippen LogP contribution is -2.35. The Balaban J connectivity index is 1.42. The molecule has 8 heteroatoms. The maximum Gasteiger partial charge on any atom is 0.339 e. The molecule has 8 nitrogen and oxygen atoms in total. The van der Waals surface area contributed by atoms with Crippen LogP contribution >= 0.6 is 0 Å². The number of carbonyl (C=O) groups is 3. The zero-order valence-electron chi connectivity index (χ0n) is 19.1. The number of ether oxygens (including phenoxy) is 1. The van der Waals surface area contributed by atoms with Gasteiger partial charge in [-0.15, -0.1) is 0 Å². The third kappa shape index (κ3) is 4.50. The maximum atomic E-state index is 13.3. The number of benzene rings is 1. The van der Waals surface area contributed by atoms with E-state index >= 15 is 0 Å². The van der Waals surface area contributed by atoms with E-state index in [4.69, 9.17) is 14.1 Å². The molecule has 176 valence electrons. The second kappa shape index (κ2) is 9.42. The highest BCUT2D eigenvalue weighted by molar-refractivity contribution is 6.08. The molecule has 3 aromatic heterocycles. The topological polar surface area (TPSA) is 103 Å². The van der Waals surface area contributed by atoms with Gasteiger partial charge in [-0.3, -0.25) is 14.9 Å². The van der Waals surface area contributed by atoms with Gasteiger partial charge in [-0.05, 0) is 66.8 Å². The van der Waals surface area contributed by atoms with Crippen LogP contribution in [-0.4, -0.2) is 33.9 Å². The molecule has 0 fully saturated rings. The minimum atomic E-state index is -0.699. The van der Waals surface area contributed by atoms with E-state index in [2.05, 4.69) is 5.32 Å². The Labute approximate surface area is 201 Å². The molecule has 5 rings (SSSR count). The lowest BCUT2D eigenvalue weighted by atomic mass is 9.86. The molecule has 0 saturated heterocycles. The molecule has 0 aliphatic heterocycles. The first-order chi connectivity index (χ1) is 17.0. The van der Waals surface area contributed by atoms with Crippen molar-refractivity contribution in [3.63, 3.8) is 0 Å². The summed E-state index contributed by atoms with van der Waals surface area (Å²) < 4.78 is 12.5. The molecule has 0 saturated carbocycles. The number of nitrogens with zero attached hydrogens (tertiary/aromatic N) is 2. The Morgan fingerprint density at radius 2 is 1.97 bits per heavy atom. The van der Waals surface area contributed by atoms with Gasteiger partial charge in [0.15, 0.2) is 6.61 Å². The van der Waals surface area contributed by atoms with Gasteiger partial charge in [0.05, 0.1) is 23.0 Å². The minimum Gasteiger partial charge on any atom is -0.465 e. The Morgan fingerprint density at radius 3 is 2.74 bits per heavy atom. The molecule has 1 N–H and O–H groups in total. The molecule has 2 amide bonds. The minimum absolute atomic E-state index is 0.328. The fourth-order valence-electron chi connectivity index (χ4n) is 4.38. The summed E-state index contributed by atoms with van der Waals surface area (Å²) in [6, 6.07) is 14.3. The van der Waals surface area contributed by atoms with Crippen LogP contribution < -0.4 is 5.32 Å². The normalized spacial score (nSPS) is 14.0. The first kappa shape index (κ1) is 22.3. The van der Waals surface area contributed by atoms with Crippen LogP contribution in [0.4, 0.5) is 0 Å². The summed E-state index contributed by atoms with van der Waals surface area (Å²) in [6.45, 7) is -0.574. The van der Waals surface area contributed by atoms with E-state index in [1.807, 2.05) is 42.5 Å². The van der Waals surface area contributed by atoms with Crippen LogP contribution in [0, 0.1) is 0 Å². The molecule has 3 heterocycles. The molecule has 1 aromatic carbocycles. The van der Waals surface area contributed by atoms with Gasteiger partial charge in [-0.1, -0.05) is 18.2 Å². The number of fused-ring (bicyclic) bond motifs is 2. The molecule has 0 unspecified atom stereocenters. The monoisotopic (exact) mass is 469 g/mol. The van der Waals surface area contributed by atoms with Crippen LogP contribution in [0.2, 0.25) is 0 Å². The number of rotatable bonds is 5. The summed E-state index contributed by atoms with van der Waals surface area (Å²) in [5.41, 5.74) is 3.90. The van der Waals surface area contributed by atoms with Gasteiger partial charge in [0.2, 0.25) is 0 Å². The number of imide groups is 1. The third-order valence-electron chi connectivity index (χ3n) is 6.00. The van der Waals surface area contributed by atoms with E-state index in [1.54, 1.807) is 36.2 Å². The number of esters is 1. The van der Waals surface area contributed by atoms with Gasteiger partial charge >= 0.3 is 5.97 Å². The van der Waals surface area contributed by atoms with Crippen molar-refractivity contribution in [3.05, 3.63) is 89.3 Å². The molecule has 4 aromatic rings. The Hall–Kier alpha value is -4.46. The summed E-state index contributed by atoms with van der Waals surface area (Å²) in [7, 11) is 1.70. The van der Waals surface area contributed by atoms with Crippen molar-refractivity contribution in [1.82, 2.24) is 14.9 Å². The number of pyridine rings is 1. The van der Waals surface area contributed by atoms with Gasteiger partial charge in [-0.2, -0.15) is 0 Å². The number of aromatic nitrogens is 2.